The summed E-state index contributed by atoms with van der Waals surface area (Å²) in [6, 6.07) is 2.08. The smallest absolute Gasteiger partial charge is 0.338 e. The van der Waals surface area contributed by atoms with Crippen LogP contribution in [0.2, 0.25) is 0 Å². The first-order chi connectivity index (χ1) is 8.52. The Kier molecular flexibility index (Phi) is 4.96. The van der Waals surface area contributed by atoms with Crippen molar-refractivity contribution in [2.45, 2.75) is 6.43 Å². The molecular formula is C11H11F3O4. The van der Waals surface area contributed by atoms with Crippen LogP contribution < -0.4 is 4.74 Å². The van der Waals surface area contributed by atoms with Crippen molar-refractivity contribution in [2.24, 2.45) is 0 Å². The fourth-order valence-electron chi connectivity index (χ4n) is 1.31. The lowest BCUT2D eigenvalue weighted by molar-refractivity contribution is 0.0470. The van der Waals surface area contributed by atoms with E-state index in [2.05, 4.69) is 9.47 Å². The van der Waals surface area contributed by atoms with E-state index in [1.807, 2.05) is 0 Å². The number of hydrogen-bond donors (Lipinski definition) is 0. The Morgan fingerprint density at radius 1 is 1.33 bits per heavy atom. The third-order valence-electron chi connectivity index (χ3n) is 2.10. The largest absolute Gasteiger partial charge is 0.465 e. The van der Waals surface area contributed by atoms with E-state index < -0.39 is 35.1 Å². The van der Waals surface area contributed by atoms with Crippen LogP contribution in [0.25, 0.3) is 0 Å². The zero-order valence-corrected chi connectivity index (χ0v) is 9.71. The van der Waals surface area contributed by atoms with E-state index in [-0.39, 0.29) is 6.79 Å². The predicted octanol–water partition coefficient (Wildman–Crippen LogP) is 2.53. The van der Waals surface area contributed by atoms with Crippen LogP contribution in [0.5, 0.6) is 5.75 Å². The van der Waals surface area contributed by atoms with Crippen LogP contribution in [0.15, 0.2) is 12.1 Å². The van der Waals surface area contributed by atoms with Gasteiger partial charge in [0.15, 0.2) is 18.4 Å². The molecule has 18 heavy (non-hydrogen) atoms. The number of carbonyl (C=O) groups is 1. The van der Waals surface area contributed by atoms with E-state index in [0.29, 0.717) is 0 Å². The third kappa shape index (κ3) is 2.92. The Balaban J connectivity index is 3.24. The molecule has 0 aliphatic rings. The van der Waals surface area contributed by atoms with Crippen molar-refractivity contribution >= 4 is 5.97 Å². The minimum absolute atomic E-state index is 0.294. The minimum Gasteiger partial charge on any atom is -0.465 e. The van der Waals surface area contributed by atoms with Crippen LogP contribution in [-0.2, 0) is 9.47 Å². The standard InChI is InChI=1S/C11H11F3O4/c1-16-5-18-7-4-3-6(11(15)17-2)8(9(7)12)10(13)14/h3-4,10H,5H2,1-2H3. The molecule has 1 rings (SSSR count). The zero-order valence-electron chi connectivity index (χ0n) is 9.71. The molecule has 0 aliphatic heterocycles. The van der Waals surface area contributed by atoms with Crippen molar-refractivity contribution in [2.75, 3.05) is 21.0 Å². The summed E-state index contributed by atoms with van der Waals surface area (Å²) in [6.45, 7) is -0.294. The molecule has 100 valence electrons. The average molecular weight is 264 g/mol. The summed E-state index contributed by atoms with van der Waals surface area (Å²) in [5.41, 5.74) is -1.58. The summed E-state index contributed by atoms with van der Waals surface area (Å²) in [4.78, 5) is 11.2. The van der Waals surface area contributed by atoms with Gasteiger partial charge in [0.05, 0.1) is 18.2 Å². The van der Waals surface area contributed by atoms with Crippen molar-refractivity contribution < 1.29 is 32.2 Å². The topological polar surface area (TPSA) is 44.8 Å². The van der Waals surface area contributed by atoms with Gasteiger partial charge < -0.3 is 14.2 Å². The SMILES string of the molecule is COCOc1ccc(C(=O)OC)c(C(F)F)c1F. The van der Waals surface area contributed by atoms with Gasteiger partial charge in [-0.2, -0.15) is 0 Å². The molecule has 0 unspecified atom stereocenters. The Morgan fingerprint density at radius 3 is 2.50 bits per heavy atom. The van der Waals surface area contributed by atoms with Gasteiger partial charge in [-0.1, -0.05) is 0 Å². The van der Waals surface area contributed by atoms with E-state index in [0.717, 1.165) is 19.2 Å². The molecule has 4 nitrogen and oxygen atoms in total. The van der Waals surface area contributed by atoms with Crippen molar-refractivity contribution in [1.82, 2.24) is 0 Å². The van der Waals surface area contributed by atoms with E-state index in [4.69, 9.17) is 4.74 Å². The molecule has 0 fully saturated rings. The van der Waals surface area contributed by atoms with Crippen molar-refractivity contribution in [3.63, 3.8) is 0 Å². The lowest BCUT2D eigenvalue weighted by Crippen LogP contribution is -2.10. The molecule has 0 N–H and O–H groups in total. The van der Waals surface area contributed by atoms with Gasteiger partial charge in [0, 0.05) is 7.11 Å². The van der Waals surface area contributed by atoms with E-state index >= 15 is 0 Å². The van der Waals surface area contributed by atoms with E-state index in [9.17, 15) is 18.0 Å². The molecule has 0 spiro atoms. The van der Waals surface area contributed by atoms with Crippen molar-refractivity contribution in [3.05, 3.63) is 29.1 Å². The third-order valence-corrected chi connectivity index (χ3v) is 2.10. The monoisotopic (exact) mass is 264 g/mol. The number of alkyl halides is 2. The summed E-state index contributed by atoms with van der Waals surface area (Å²) in [5, 5.41) is 0. The molecule has 0 radical (unpaired) electrons. The van der Waals surface area contributed by atoms with Crippen LogP contribution in [-0.4, -0.2) is 27.0 Å². The lowest BCUT2D eigenvalue weighted by Gasteiger charge is -2.12. The lowest BCUT2D eigenvalue weighted by atomic mass is 10.1. The second-order valence-corrected chi connectivity index (χ2v) is 3.18. The van der Waals surface area contributed by atoms with Gasteiger partial charge >= 0.3 is 5.97 Å². The summed E-state index contributed by atoms with van der Waals surface area (Å²) >= 11 is 0. The number of esters is 1. The van der Waals surface area contributed by atoms with Crippen LogP contribution >= 0.6 is 0 Å². The summed E-state index contributed by atoms with van der Waals surface area (Å²) < 4.78 is 52.8. The molecule has 1 aromatic rings. The van der Waals surface area contributed by atoms with Gasteiger partial charge in [-0.15, -0.1) is 0 Å². The number of benzene rings is 1. The summed E-state index contributed by atoms with van der Waals surface area (Å²) in [6.07, 6.45) is -3.16. The van der Waals surface area contributed by atoms with Gasteiger partial charge in [-0.25, -0.2) is 18.0 Å². The maximum Gasteiger partial charge on any atom is 0.338 e. The average Bonchev–Trinajstić information content (AvgIpc) is 2.35. The highest BCUT2D eigenvalue weighted by Crippen LogP contribution is 2.32. The Bertz CT molecular complexity index is 435. The second-order valence-electron chi connectivity index (χ2n) is 3.18. The zero-order chi connectivity index (χ0) is 13.7. The fourth-order valence-corrected chi connectivity index (χ4v) is 1.31. The Hall–Kier alpha value is -1.76. The first kappa shape index (κ1) is 14.3. The second kappa shape index (κ2) is 6.25. The molecule has 0 aliphatic carbocycles. The molecular weight excluding hydrogens is 253 g/mol. The molecule has 0 atom stereocenters. The van der Waals surface area contributed by atoms with E-state index in [1.54, 1.807) is 0 Å². The van der Waals surface area contributed by atoms with Crippen LogP contribution in [0, 0.1) is 5.82 Å². The normalized spacial score (nSPS) is 10.6. The fraction of sp³-hybridized carbons (Fsp3) is 0.364. The molecule has 0 saturated carbocycles. The molecule has 0 aromatic heterocycles. The van der Waals surface area contributed by atoms with Crippen molar-refractivity contribution in [3.8, 4) is 5.75 Å². The summed E-state index contributed by atoms with van der Waals surface area (Å²) in [5.74, 6) is -2.76. The van der Waals surface area contributed by atoms with Gasteiger partial charge in [0.2, 0.25) is 0 Å². The van der Waals surface area contributed by atoms with Gasteiger partial charge in [0.25, 0.3) is 6.43 Å². The van der Waals surface area contributed by atoms with Gasteiger partial charge in [-0.05, 0) is 12.1 Å². The van der Waals surface area contributed by atoms with Gasteiger partial charge in [-0.3, -0.25) is 0 Å². The summed E-state index contributed by atoms with van der Waals surface area (Å²) in [7, 11) is 2.32. The van der Waals surface area contributed by atoms with Crippen LogP contribution in [0.1, 0.15) is 22.3 Å². The quantitative estimate of drug-likeness (QED) is 0.605. The minimum atomic E-state index is -3.16. The number of ether oxygens (including phenoxy) is 3. The first-order valence-corrected chi connectivity index (χ1v) is 4.83. The Morgan fingerprint density at radius 2 is 2.00 bits per heavy atom. The van der Waals surface area contributed by atoms with Crippen LogP contribution in [0.3, 0.4) is 0 Å². The van der Waals surface area contributed by atoms with Crippen molar-refractivity contribution in [1.29, 1.82) is 0 Å². The number of methoxy groups -OCH3 is 2. The maximum absolute atomic E-state index is 13.7. The molecule has 0 bridgehead atoms. The number of hydrogen-bond acceptors (Lipinski definition) is 4. The highest BCUT2D eigenvalue weighted by atomic mass is 19.3. The molecule has 7 heteroatoms. The molecule has 1 aromatic carbocycles. The Labute approximate surface area is 101 Å². The maximum atomic E-state index is 13.7. The molecule has 0 saturated heterocycles. The highest BCUT2D eigenvalue weighted by Gasteiger charge is 2.26. The number of rotatable bonds is 5. The van der Waals surface area contributed by atoms with E-state index in [1.165, 1.54) is 7.11 Å². The van der Waals surface area contributed by atoms with Crippen LogP contribution in [0.4, 0.5) is 13.2 Å². The molecule has 0 amide bonds. The number of carbonyl (C=O) groups excluding carboxylic acids is 1. The number of halogens is 3. The predicted molar refractivity (Wildman–Crippen MR) is 55.2 cm³/mol. The first-order valence-electron chi connectivity index (χ1n) is 4.83. The molecule has 0 heterocycles. The van der Waals surface area contributed by atoms with Gasteiger partial charge in [0.1, 0.15) is 0 Å². The highest BCUT2D eigenvalue weighted by molar-refractivity contribution is 5.91.